The van der Waals surface area contributed by atoms with Gasteiger partial charge in [0.15, 0.2) is 5.79 Å². The molecular weight excluding hydrogens is 306 g/mol. The van der Waals surface area contributed by atoms with Crippen molar-refractivity contribution in [2.45, 2.75) is 69.8 Å². The van der Waals surface area contributed by atoms with Gasteiger partial charge in [-0.25, -0.2) is 4.98 Å². The fourth-order valence-corrected chi connectivity index (χ4v) is 4.18. The van der Waals surface area contributed by atoms with Crippen LogP contribution in [0.25, 0.3) is 0 Å². The topological polar surface area (TPSA) is 65.4 Å². The van der Waals surface area contributed by atoms with Gasteiger partial charge < -0.3 is 19.4 Å². The Balaban J connectivity index is 1.26. The predicted molar refractivity (Wildman–Crippen MR) is 88.3 cm³/mol. The molecule has 2 aliphatic heterocycles. The fourth-order valence-electron chi connectivity index (χ4n) is 4.18. The molecule has 24 heavy (non-hydrogen) atoms. The number of ether oxygens (including phenoxy) is 2. The van der Waals surface area contributed by atoms with Crippen LogP contribution in [-0.2, 0) is 27.2 Å². The number of carbonyl (C=O) groups excluding carboxylic acids is 1. The van der Waals surface area contributed by atoms with Crippen LogP contribution in [0.5, 0.6) is 0 Å². The van der Waals surface area contributed by atoms with E-state index in [9.17, 15) is 4.79 Å². The zero-order chi connectivity index (χ0) is 16.4. The van der Waals surface area contributed by atoms with Crippen molar-refractivity contribution in [3.8, 4) is 0 Å². The molecule has 132 valence electrons. The highest BCUT2D eigenvalue weighted by atomic mass is 16.7. The van der Waals surface area contributed by atoms with Crippen LogP contribution in [-0.4, -0.2) is 40.5 Å². The fraction of sp³-hybridized carbons (Fsp3) is 0.778. The number of carbonyl (C=O) groups is 1. The highest BCUT2D eigenvalue weighted by Gasteiger charge is 2.41. The van der Waals surface area contributed by atoms with Crippen LogP contribution in [0, 0.1) is 5.92 Å². The van der Waals surface area contributed by atoms with E-state index in [1.54, 1.807) is 0 Å². The number of fused-ring (bicyclic) bond motifs is 1. The average Bonchev–Trinajstić information content (AvgIpc) is 3.15. The summed E-state index contributed by atoms with van der Waals surface area (Å²) >= 11 is 0. The van der Waals surface area contributed by atoms with E-state index < -0.39 is 0 Å². The Bertz CT molecular complexity index is 578. The van der Waals surface area contributed by atoms with Crippen LogP contribution < -0.4 is 5.32 Å². The molecule has 3 heterocycles. The lowest BCUT2D eigenvalue weighted by molar-refractivity contribution is -0.175. The maximum Gasteiger partial charge on any atom is 0.223 e. The second kappa shape index (κ2) is 6.84. The number of imidazole rings is 1. The minimum absolute atomic E-state index is 0.0161. The summed E-state index contributed by atoms with van der Waals surface area (Å²) in [5, 5.41) is 3.07. The maximum absolute atomic E-state index is 12.5. The molecule has 1 amide bonds. The summed E-state index contributed by atoms with van der Waals surface area (Å²) in [7, 11) is 0. The van der Waals surface area contributed by atoms with Gasteiger partial charge in [-0.1, -0.05) is 12.8 Å². The van der Waals surface area contributed by atoms with E-state index in [1.165, 1.54) is 25.7 Å². The minimum atomic E-state index is -0.374. The highest BCUT2D eigenvalue weighted by molar-refractivity contribution is 5.79. The molecule has 0 unspecified atom stereocenters. The summed E-state index contributed by atoms with van der Waals surface area (Å²) in [6, 6.07) is 0. The Morgan fingerprint density at radius 2 is 2.17 bits per heavy atom. The molecule has 1 saturated heterocycles. The van der Waals surface area contributed by atoms with Gasteiger partial charge in [0, 0.05) is 50.7 Å². The summed E-state index contributed by atoms with van der Waals surface area (Å²) in [5.41, 5.74) is 0. The largest absolute Gasteiger partial charge is 0.353 e. The number of aromatic nitrogens is 2. The summed E-state index contributed by atoms with van der Waals surface area (Å²) < 4.78 is 14.3. The van der Waals surface area contributed by atoms with E-state index in [1.807, 2.05) is 12.4 Å². The minimum Gasteiger partial charge on any atom is -0.353 e. The first-order valence-electron chi connectivity index (χ1n) is 9.34. The summed E-state index contributed by atoms with van der Waals surface area (Å²) in [4.78, 5) is 16.8. The van der Waals surface area contributed by atoms with E-state index in [0.29, 0.717) is 13.2 Å². The molecular formula is C18H27N3O3. The molecule has 4 rings (SSSR count). The van der Waals surface area contributed by atoms with Gasteiger partial charge in [-0.3, -0.25) is 4.79 Å². The lowest BCUT2D eigenvalue weighted by Crippen LogP contribution is -2.40. The van der Waals surface area contributed by atoms with E-state index in [2.05, 4.69) is 14.9 Å². The smallest absolute Gasteiger partial charge is 0.223 e. The Kier molecular flexibility index (Phi) is 4.59. The molecule has 1 aliphatic carbocycles. The molecule has 0 aromatic carbocycles. The molecule has 0 bridgehead atoms. The van der Waals surface area contributed by atoms with Crippen LogP contribution in [0.3, 0.4) is 0 Å². The molecule has 1 spiro atoms. The van der Waals surface area contributed by atoms with Crippen LogP contribution >= 0.6 is 0 Å². The number of nitrogens with one attached hydrogen (secondary N) is 1. The highest BCUT2D eigenvalue weighted by Crippen LogP contribution is 2.36. The van der Waals surface area contributed by atoms with Crippen molar-refractivity contribution in [3.05, 3.63) is 18.2 Å². The van der Waals surface area contributed by atoms with E-state index in [0.717, 1.165) is 38.1 Å². The average molecular weight is 333 g/mol. The number of aryl methyl sites for hydroxylation is 1. The molecule has 2 atom stereocenters. The molecule has 2 fully saturated rings. The van der Waals surface area contributed by atoms with Crippen molar-refractivity contribution in [3.63, 3.8) is 0 Å². The van der Waals surface area contributed by atoms with Crippen molar-refractivity contribution >= 4 is 5.91 Å². The number of hydrogen-bond donors (Lipinski definition) is 1. The molecule has 6 heteroatoms. The molecule has 1 aromatic rings. The molecule has 1 saturated carbocycles. The third-order valence-corrected chi connectivity index (χ3v) is 5.60. The lowest BCUT2D eigenvalue weighted by atomic mass is 9.97. The van der Waals surface area contributed by atoms with Crippen LogP contribution in [0.15, 0.2) is 12.4 Å². The van der Waals surface area contributed by atoms with Gasteiger partial charge in [0.05, 0.1) is 6.61 Å². The number of nitrogens with zero attached hydrogens (tertiary/aromatic N) is 2. The van der Waals surface area contributed by atoms with Crippen molar-refractivity contribution in [1.82, 2.24) is 14.9 Å². The van der Waals surface area contributed by atoms with Crippen molar-refractivity contribution in [2.75, 3.05) is 13.2 Å². The van der Waals surface area contributed by atoms with Crippen molar-refractivity contribution in [2.24, 2.45) is 5.92 Å². The zero-order valence-corrected chi connectivity index (χ0v) is 14.2. The molecule has 6 nitrogen and oxygen atoms in total. The summed E-state index contributed by atoms with van der Waals surface area (Å²) in [6.45, 7) is 2.01. The second-order valence-electron chi connectivity index (χ2n) is 7.35. The van der Waals surface area contributed by atoms with E-state index in [4.69, 9.17) is 9.47 Å². The predicted octanol–water partition coefficient (Wildman–Crippen LogP) is 2.03. The van der Waals surface area contributed by atoms with Gasteiger partial charge in [-0.2, -0.15) is 0 Å². The van der Waals surface area contributed by atoms with E-state index >= 15 is 0 Å². The Morgan fingerprint density at radius 3 is 3.00 bits per heavy atom. The Morgan fingerprint density at radius 1 is 1.33 bits per heavy atom. The Labute approximate surface area is 142 Å². The third kappa shape index (κ3) is 3.35. The maximum atomic E-state index is 12.5. The van der Waals surface area contributed by atoms with Crippen LogP contribution in [0.1, 0.15) is 50.8 Å². The zero-order valence-electron chi connectivity index (χ0n) is 14.2. The van der Waals surface area contributed by atoms with E-state index in [-0.39, 0.29) is 23.7 Å². The van der Waals surface area contributed by atoms with Crippen LogP contribution in [0.2, 0.25) is 0 Å². The van der Waals surface area contributed by atoms with Crippen molar-refractivity contribution in [1.29, 1.82) is 0 Å². The lowest BCUT2D eigenvalue weighted by Gasteiger charge is -2.27. The number of hydrogen-bond acceptors (Lipinski definition) is 4. The van der Waals surface area contributed by atoms with Gasteiger partial charge in [-0.15, -0.1) is 0 Å². The first-order chi connectivity index (χ1) is 11.7. The quantitative estimate of drug-likeness (QED) is 0.919. The monoisotopic (exact) mass is 333 g/mol. The second-order valence-corrected chi connectivity index (χ2v) is 7.35. The molecule has 1 N–H and O–H groups in total. The SMILES string of the molecule is O=C(NC[C@H]1COC2(CCCCCC2)O1)[C@@H]1CCn2ccnc2C1. The summed E-state index contributed by atoms with van der Waals surface area (Å²) in [6.07, 6.45) is 12.3. The van der Waals surface area contributed by atoms with Gasteiger partial charge in [0.1, 0.15) is 11.9 Å². The van der Waals surface area contributed by atoms with Gasteiger partial charge in [0.2, 0.25) is 5.91 Å². The van der Waals surface area contributed by atoms with Gasteiger partial charge in [-0.05, 0) is 19.3 Å². The number of rotatable bonds is 3. The third-order valence-electron chi connectivity index (χ3n) is 5.60. The molecule has 1 aromatic heterocycles. The first-order valence-corrected chi connectivity index (χ1v) is 9.34. The first kappa shape index (κ1) is 16.1. The normalized spacial score (nSPS) is 29.2. The number of amides is 1. The molecule has 3 aliphatic rings. The standard InChI is InChI=1S/C18H27N3O3/c22-17(14-5-9-21-10-8-19-16(21)11-14)20-12-15-13-23-18(24-15)6-3-1-2-4-7-18/h8,10,14-15H,1-7,9,11-13H2,(H,20,22)/t14-,15+/m1/s1. The Hall–Kier alpha value is -1.40. The summed E-state index contributed by atoms with van der Waals surface area (Å²) in [5.74, 6) is 0.782. The van der Waals surface area contributed by atoms with Gasteiger partial charge >= 0.3 is 0 Å². The van der Waals surface area contributed by atoms with Gasteiger partial charge in [0.25, 0.3) is 0 Å². The van der Waals surface area contributed by atoms with Crippen molar-refractivity contribution < 1.29 is 14.3 Å². The molecule has 0 radical (unpaired) electrons. The van der Waals surface area contributed by atoms with Crippen LogP contribution in [0.4, 0.5) is 0 Å².